The predicted octanol–water partition coefficient (Wildman–Crippen LogP) is 6.16. The summed E-state index contributed by atoms with van der Waals surface area (Å²) in [7, 11) is 0. The minimum atomic E-state index is -0.157. The molecule has 0 saturated heterocycles. The molecule has 0 spiro atoms. The Morgan fingerprint density at radius 3 is 2.44 bits per heavy atom. The zero-order valence-electron chi connectivity index (χ0n) is 18.4. The van der Waals surface area contributed by atoms with Gasteiger partial charge in [-0.2, -0.15) is 0 Å². The van der Waals surface area contributed by atoms with Gasteiger partial charge in [0.15, 0.2) is 0 Å². The number of ether oxygens (including phenoxy) is 1. The van der Waals surface area contributed by atoms with Crippen LogP contribution in [0.3, 0.4) is 0 Å². The van der Waals surface area contributed by atoms with Crippen LogP contribution in [0.15, 0.2) is 77.7 Å². The molecular weight excluding hydrogens is 420 g/mol. The average molecular weight is 449 g/mol. The van der Waals surface area contributed by atoms with Gasteiger partial charge in [0.2, 0.25) is 5.91 Å². The van der Waals surface area contributed by atoms with Gasteiger partial charge >= 0.3 is 0 Å². The van der Waals surface area contributed by atoms with Crippen molar-refractivity contribution in [2.24, 2.45) is 0 Å². The van der Waals surface area contributed by atoms with Gasteiger partial charge in [-0.25, -0.2) is 0 Å². The molecule has 3 aromatic rings. The van der Waals surface area contributed by atoms with Gasteiger partial charge in [-0.1, -0.05) is 37.1 Å². The van der Waals surface area contributed by atoms with Crippen molar-refractivity contribution in [2.45, 2.75) is 31.6 Å². The van der Waals surface area contributed by atoms with Crippen LogP contribution in [0.5, 0.6) is 5.75 Å². The minimum absolute atomic E-state index is 0.0937. The third kappa shape index (κ3) is 7.46. The van der Waals surface area contributed by atoms with Gasteiger partial charge in [0.05, 0.1) is 12.4 Å². The number of anilines is 2. The standard InChI is InChI=1S/C26H28N2O3S/c1-3-4-15-31-23-13-11-21(12-14-23)27-25(29)18-32-24-10-6-9-22(17-24)28-26(30)20-8-5-7-19(2)16-20/h5-14,16-17H,3-4,15,18H2,1-2H3,(H,27,29)(H,28,30). The van der Waals surface area contributed by atoms with E-state index in [0.29, 0.717) is 17.9 Å². The van der Waals surface area contributed by atoms with Crippen LogP contribution in [0, 0.1) is 6.92 Å². The van der Waals surface area contributed by atoms with E-state index < -0.39 is 0 Å². The van der Waals surface area contributed by atoms with Crippen LogP contribution in [-0.4, -0.2) is 24.2 Å². The number of hydrogen-bond donors (Lipinski definition) is 2. The quantitative estimate of drug-likeness (QED) is 0.288. The molecule has 0 aliphatic rings. The number of thioether (sulfide) groups is 1. The molecule has 0 aromatic heterocycles. The molecule has 0 radical (unpaired) electrons. The smallest absolute Gasteiger partial charge is 0.255 e. The molecule has 2 amide bonds. The van der Waals surface area contributed by atoms with Crippen molar-refractivity contribution in [3.05, 3.63) is 83.9 Å². The van der Waals surface area contributed by atoms with Gasteiger partial charge in [-0.15, -0.1) is 11.8 Å². The Kier molecular flexibility index (Phi) is 8.75. The minimum Gasteiger partial charge on any atom is -0.494 e. The molecule has 0 unspecified atom stereocenters. The Labute approximate surface area is 193 Å². The number of hydrogen-bond acceptors (Lipinski definition) is 4. The Balaban J connectivity index is 1.49. The van der Waals surface area contributed by atoms with Gasteiger partial charge in [0.25, 0.3) is 5.91 Å². The number of unbranched alkanes of at least 4 members (excludes halogenated alkanes) is 1. The molecule has 5 nitrogen and oxygen atoms in total. The van der Waals surface area contributed by atoms with Crippen LogP contribution in [0.25, 0.3) is 0 Å². The molecule has 2 N–H and O–H groups in total. The number of nitrogens with one attached hydrogen (secondary N) is 2. The molecular formula is C26H28N2O3S. The third-order valence-corrected chi connectivity index (χ3v) is 5.64. The maximum absolute atomic E-state index is 12.5. The predicted molar refractivity (Wildman–Crippen MR) is 132 cm³/mol. The fourth-order valence-corrected chi connectivity index (χ4v) is 3.72. The van der Waals surface area contributed by atoms with Crippen LogP contribution in [0.1, 0.15) is 35.7 Å². The summed E-state index contributed by atoms with van der Waals surface area (Å²) in [5.41, 5.74) is 3.08. The second kappa shape index (κ2) is 12.0. The van der Waals surface area contributed by atoms with Crippen molar-refractivity contribution in [3.8, 4) is 5.75 Å². The summed E-state index contributed by atoms with van der Waals surface area (Å²) >= 11 is 1.42. The van der Waals surface area contributed by atoms with Crippen LogP contribution in [-0.2, 0) is 4.79 Å². The summed E-state index contributed by atoms with van der Waals surface area (Å²) in [5, 5.41) is 5.81. The zero-order chi connectivity index (χ0) is 22.8. The highest BCUT2D eigenvalue weighted by molar-refractivity contribution is 8.00. The first kappa shape index (κ1) is 23.4. The lowest BCUT2D eigenvalue weighted by molar-refractivity contribution is -0.113. The summed E-state index contributed by atoms with van der Waals surface area (Å²) < 4.78 is 5.64. The van der Waals surface area contributed by atoms with E-state index >= 15 is 0 Å². The first-order valence-corrected chi connectivity index (χ1v) is 11.7. The second-order valence-corrected chi connectivity index (χ2v) is 8.46. The SMILES string of the molecule is CCCCOc1ccc(NC(=O)CSc2cccc(NC(=O)c3cccc(C)c3)c2)cc1. The highest BCUT2D eigenvalue weighted by Crippen LogP contribution is 2.23. The van der Waals surface area contributed by atoms with Crippen molar-refractivity contribution < 1.29 is 14.3 Å². The Morgan fingerprint density at radius 1 is 0.906 bits per heavy atom. The topological polar surface area (TPSA) is 67.4 Å². The van der Waals surface area contributed by atoms with Crippen LogP contribution >= 0.6 is 11.8 Å². The fraction of sp³-hybridized carbons (Fsp3) is 0.231. The van der Waals surface area contributed by atoms with Crippen molar-refractivity contribution in [1.82, 2.24) is 0 Å². The van der Waals surface area contributed by atoms with Gasteiger partial charge < -0.3 is 15.4 Å². The van der Waals surface area contributed by atoms with Crippen molar-refractivity contribution in [2.75, 3.05) is 23.0 Å². The molecule has 0 atom stereocenters. The molecule has 0 heterocycles. The maximum atomic E-state index is 12.5. The van der Waals surface area contributed by atoms with E-state index in [4.69, 9.17) is 4.74 Å². The lowest BCUT2D eigenvalue weighted by Crippen LogP contribution is -2.14. The third-order valence-electron chi connectivity index (χ3n) is 4.65. The number of benzene rings is 3. The van der Waals surface area contributed by atoms with Gasteiger partial charge in [0, 0.05) is 21.8 Å². The van der Waals surface area contributed by atoms with Crippen LogP contribution in [0.2, 0.25) is 0 Å². The first-order valence-electron chi connectivity index (χ1n) is 10.7. The summed E-state index contributed by atoms with van der Waals surface area (Å²) in [5.74, 6) is 0.819. The summed E-state index contributed by atoms with van der Waals surface area (Å²) in [6.45, 7) is 4.77. The van der Waals surface area contributed by atoms with E-state index in [1.807, 2.05) is 73.7 Å². The average Bonchev–Trinajstić information content (AvgIpc) is 2.79. The summed E-state index contributed by atoms with van der Waals surface area (Å²) in [6.07, 6.45) is 2.11. The molecule has 0 bridgehead atoms. The second-order valence-electron chi connectivity index (χ2n) is 7.41. The highest BCUT2D eigenvalue weighted by Gasteiger charge is 2.08. The molecule has 0 fully saturated rings. The summed E-state index contributed by atoms with van der Waals surface area (Å²) in [4.78, 5) is 25.7. The highest BCUT2D eigenvalue weighted by atomic mass is 32.2. The normalized spacial score (nSPS) is 10.4. The largest absolute Gasteiger partial charge is 0.494 e. The van der Waals surface area contributed by atoms with E-state index in [9.17, 15) is 9.59 Å². The monoisotopic (exact) mass is 448 g/mol. The van der Waals surface area contributed by atoms with Gasteiger partial charge in [-0.05, 0) is 67.9 Å². The van der Waals surface area contributed by atoms with E-state index in [1.54, 1.807) is 6.07 Å². The molecule has 3 aromatic carbocycles. The van der Waals surface area contributed by atoms with E-state index in [2.05, 4.69) is 17.6 Å². The molecule has 0 saturated carbocycles. The van der Waals surface area contributed by atoms with E-state index in [-0.39, 0.29) is 17.6 Å². The lowest BCUT2D eigenvalue weighted by Gasteiger charge is -2.09. The Morgan fingerprint density at radius 2 is 1.69 bits per heavy atom. The van der Waals surface area contributed by atoms with Crippen LogP contribution in [0.4, 0.5) is 11.4 Å². The first-order chi connectivity index (χ1) is 15.5. The summed E-state index contributed by atoms with van der Waals surface area (Å²) in [6, 6.07) is 22.3. The van der Waals surface area contributed by atoms with Crippen molar-refractivity contribution in [1.29, 1.82) is 0 Å². The molecule has 0 aliphatic carbocycles. The van der Waals surface area contributed by atoms with Crippen molar-refractivity contribution in [3.63, 3.8) is 0 Å². The fourth-order valence-electron chi connectivity index (χ4n) is 2.97. The number of amides is 2. The molecule has 166 valence electrons. The number of carbonyl (C=O) groups is 2. The number of rotatable bonds is 10. The van der Waals surface area contributed by atoms with Crippen molar-refractivity contribution >= 4 is 35.0 Å². The molecule has 0 aliphatic heterocycles. The number of carbonyl (C=O) groups excluding carboxylic acids is 2. The Bertz CT molecular complexity index is 1050. The van der Waals surface area contributed by atoms with E-state index in [0.717, 1.165) is 34.7 Å². The van der Waals surface area contributed by atoms with E-state index in [1.165, 1.54) is 11.8 Å². The lowest BCUT2D eigenvalue weighted by atomic mass is 10.1. The van der Waals surface area contributed by atoms with Gasteiger partial charge in [0.1, 0.15) is 5.75 Å². The van der Waals surface area contributed by atoms with Gasteiger partial charge in [-0.3, -0.25) is 9.59 Å². The van der Waals surface area contributed by atoms with Crippen LogP contribution < -0.4 is 15.4 Å². The molecule has 32 heavy (non-hydrogen) atoms. The maximum Gasteiger partial charge on any atom is 0.255 e. The number of aryl methyl sites for hydroxylation is 1. The molecule has 6 heteroatoms. The zero-order valence-corrected chi connectivity index (χ0v) is 19.2. The molecule has 3 rings (SSSR count). The Hall–Kier alpha value is -3.25.